The first-order chi connectivity index (χ1) is 9.11. The fourth-order valence-corrected chi connectivity index (χ4v) is 2.72. The lowest BCUT2D eigenvalue weighted by Crippen LogP contribution is -2.26. The Morgan fingerprint density at radius 3 is 2.74 bits per heavy atom. The van der Waals surface area contributed by atoms with E-state index in [0.717, 1.165) is 27.5 Å². The van der Waals surface area contributed by atoms with Gasteiger partial charge in [0.2, 0.25) is 0 Å². The molecule has 0 radical (unpaired) electrons. The Labute approximate surface area is 122 Å². The SMILES string of the molecule is CC(C)CC(CO)Nc1nccc2c(Br)cccc12. The molecule has 2 N–H and O–H groups in total. The minimum absolute atomic E-state index is 0.0390. The summed E-state index contributed by atoms with van der Waals surface area (Å²) < 4.78 is 1.06. The largest absolute Gasteiger partial charge is 0.394 e. The van der Waals surface area contributed by atoms with Crippen molar-refractivity contribution in [2.24, 2.45) is 5.92 Å². The summed E-state index contributed by atoms with van der Waals surface area (Å²) in [5.41, 5.74) is 0. The number of aliphatic hydroxyl groups excluding tert-OH is 1. The summed E-state index contributed by atoms with van der Waals surface area (Å²) in [6.45, 7) is 4.42. The summed E-state index contributed by atoms with van der Waals surface area (Å²) in [6.07, 6.45) is 2.71. The van der Waals surface area contributed by atoms with Crippen LogP contribution in [-0.4, -0.2) is 22.7 Å². The molecule has 0 spiro atoms. The number of hydrogen-bond acceptors (Lipinski definition) is 3. The van der Waals surface area contributed by atoms with E-state index in [1.54, 1.807) is 6.20 Å². The first kappa shape index (κ1) is 14.3. The molecule has 1 heterocycles. The van der Waals surface area contributed by atoms with Gasteiger partial charge >= 0.3 is 0 Å². The number of nitrogens with one attached hydrogen (secondary N) is 1. The van der Waals surface area contributed by atoms with Gasteiger partial charge in [0.05, 0.1) is 12.6 Å². The first-order valence-electron chi connectivity index (χ1n) is 6.52. The molecule has 2 rings (SSSR count). The number of nitrogens with zero attached hydrogens (tertiary/aromatic N) is 1. The van der Waals surface area contributed by atoms with E-state index in [9.17, 15) is 5.11 Å². The van der Waals surface area contributed by atoms with Gasteiger partial charge in [-0.15, -0.1) is 0 Å². The van der Waals surface area contributed by atoms with E-state index >= 15 is 0 Å². The molecular formula is C15H19BrN2O. The van der Waals surface area contributed by atoms with Crippen LogP contribution in [0.3, 0.4) is 0 Å². The second-order valence-electron chi connectivity index (χ2n) is 5.15. The van der Waals surface area contributed by atoms with Crippen molar-refractivity contribution in [1.82, 2.24) is 4.98 Å². The van der Waals surface area contributed by atoms with Crippen molar-refractivity contribution in [2.75, 3.05) is 11.9 Å². The third kappa shape index (κ3) is 3.45. The number of benzene rings is 1. The number of halogens is 1. The number of fused-ring (bicyclic) bond motifs is 1. The molecule has 1 aromatic heterocycles. The maximum atomic E-state index is 9.46. The van der Waals surface area contributed by atoms with Crippen molar-refractivity contribution in [3.8, 4) is 0 Å². The third-order valence-electron chi connectivity index (χ3n) is 3.07. The molecule has 3 nitrogen and oxygen atoms in total. The molecule has 102 valence electrons. The normalized spacial score (nSPS) is 12.9. The molecule has 0 bridgehead atoms. The average Bonchev–Trinajstić information content (AvgIpc) is 2.38. The zero-order valence-corrected chi connectivity index (χ0v) is 12.8. The van der Waals surface area contributed by atoms with Crippen molar-refractivity contribution < 1.29 is 5.11 Å². The smallest absolute Gasteiger partial charge is 0.134 e. The highest BCUT2D eigenvalue weighted by Crippen LogP contribution is 2.28. The van der Waals surface area contributed by atoms with Crippen LogP contribution in [0.5, 0.6) is 0 Å². The molecule has 0 fully saturated rings. The molecule has 0 aliphatic carbocycles. The van der Waals surface area contributed by atoms with E-state index in [0.29, 0.717) is 5.92 Å². The minimum atomic E-state index is 0.0390. The fraction of sp³-hybridized carbons (Fsp3) is 0.400. The predicted molar refractivity (Wildman–Crippen MR) is 83.4 cm³/mol. The van der Waals surface area contributed by atoms with Crippen LogP contribution in [0.15, 0.2) is 34.9 Å². The van der Waals surface area contributed by atoms with Crippen LogP contribution in [0.1, 0.15) is 20.3 Å². The van der Waals surface area contributed by atoms with Gasteiger partial charge in [0.1, 0.15) is 5.82 Å². The van der Waals surface area contributed by atoms with Crippen molar-refractivity contribution >= 4 is 32.5 Å². The molecule has 1 aromatic carbocycles. The third-order valence-corrected chi connectivity index (χ3v) is 3.76. The standard InChI is InChI=1S/C15H19BrN2O/c1-10(2)8-11(9-19)18-15-13-4-3-5-14(16)12(13)6-7-17-15/h3-7,10-11,19H,8-9H2,1-2H3,(H,17,18). The molecule has 0 saturated heterocycles. The van der Waals surface area contributed by atoms with E-state index in [4.69, 9.17) is 0 Å². The molecule has 2 aromatic rings. The van der Waals surface area contributed by atoms with Crippen molar-refractivity contribution in [3.63, 3.8) is 0 Å². The Morgan fingerprint density at radius 1 is 1.26 bits per heavy atom. The Balaban J connectivity index is 2.32. The van der Waals surface area contributed by atoms with Crippen LogP contribution in [0, 0.1) is 5.92 Å². The number of aromatic nitrogens is 1. The van der Waals surface area contributed by atoms with Crippen LogP contribution < -0.4 is 5.32 Å². The summed E-state index contributed by atoms with van der Waals surface area (Å²) in [7, 11) is 0. The zero-order chi connectivity index (χ0) is 13.8. The molecule has 0 aliphatic heterocycles. The second-order valence-corrected chi connectivity index (χ2v) is 6.00. The van der Waals surface area contributed by atoms with E-state index < -0.39 is 0 Å². The van der Waals surface area contributed by atoms with Gasteiger partial charge in [0.15, 0.2) is 0 Å². The number of anilines is 1. The topological polar surface area (TPSA) is 45.1 Å². The fourth-order valence-electron chi connectivity index (χ4n) is 2.23. The van der Waals surface area contributed by atoms with E-state index in [1.165, 1.54) is 0 Å². The molecule has 4 heteroatoms. The predicted octanol–water partition coefficient (Wildman–Crippen LogP) is 3.82. The van der Waals surface area contributed by atoms with Crippen LogP contribution in [-0.2, 0) is 0 Å². The maximum absolute atomic E-state index is 9.46. The van der Waals surface area contributed by atoms with Crippen molar-refractivity contribution in [2.45, 2.75) is 26.3 Å². The van der Waals surface area contributed by atoms with Crippen LogP contribution in [0.4, 0.5) is 5.82 Å². The summed E-state index contributed by atoms with van der Waals surface area (Å²) in [5.74, 6) is 1.37. The van der Waals surface area contributed by atoms with E-state index in [-0.39, 0.29) is 12.6 Å². The molecular weight excluding hydrogens is 304 g/mol. The lowest BCUT2D eigenvalue weighted by atomic mass is 10.0. The van der Waals surface area contributed by atoms with Crippen molar-refractivity contribution in [1.29, 1.82) is 0 Å². The molecule has 0 amide bonds. The highest BCUT2D eigenvalue weighted by atomic mass is 79.9. The van der Waals surface area contributed by atoms with Crippen molar-refractivity contribution in [3.05, 3.63) is 34.9 Å². The summed E-state index contributed by atoms with van der Waals surface area (Å²) >= 11 is 3.55. The highest BCUT2D eigenvalue weighted by Gasteiger charge is 2.12. The monoisotopic (exact) mass is 322 g/mol. The first-order valence-corrected chi connectivity index (χ1v) is 7.31. The van der Waals surface area contributed by atoms with Gasteiger partial charge in [-0.2, -0.15) is 0 Å². The zero-order valence-electron chi connectivity index (χ0n) is 11.2. The number of hydrogen-bond donors (Lipinski definition) is 2. The van der Waals surface area contributed by atoms with Gasteiger partial charge < -0.3 is 10.4 Å². The minimum Gasteiger partial charge on any atom is -0.394 e. The molecule has 0 saturated carbocycles. The summed E-state index contributed by atoms with van der Waals surface area (Å²) in [5, 5.41) is 15.0. The molecule has 1 unspecified atom stereocenters. The number of pyridine rings is 1. The molecule has 19 heavy (non-hydrogen) atoms. The summed E-state index contributed by atoms with van der Waals surface area (Å²) in [6, 6.07) is 8.08. The van der Waals surface area contributed by atoms with E-state index in [2.05, 4.69) is 40.1 Å². The van der Waals surface area contributed by atoms with Crippen LogP contribution in [0.2, 0.25) is 0 Å². The van der Waals surface area contributed by atoms with Crippen LogP contribution >= 0.6 is 15.9 Å². The Hall–Kier alpha value is -1.13. The van der Waals surface area contributed by atoms with Gasteiger partial charge in [-0.3, -0.25) is 0 Å². The average molecular weight is 323 g/mol. The highest BCUT2D eigenvalue weighted by molar-refractivity contribution is 9.10. The summed E-state index contributed by atoms with van der Waals surface area (Å²) in [4.78, 5) is 4.40. The van der Waals surface area contributed by atoms with E-state index in [1.807, 2.05) is 24.3 Å². The van der Waals surface area contributed by atoms with Gasteiger partial charge in [0, 0.05) is 21.4 Å². The Kier molecular flexibility index (Phi) is 4.77. The Bertz CT molecular complexity index is 557. The van der Waals surface area contributed by atoms with Gasteiger partial charge in [-0.25, -0.2) is 4.98 Å². The number of rotatable bonds is 5. The lowest BCUT2D eigenvalue weighted by Gasteiger charge is -2.20. The molecule has 0 aliphatic rings. The van der Waals surface area contributed by atoms with Gasteiger partial charge in [-0.05, 0) is 24.5 Å². The van der Waals surface area contributed by atoms with Crippen LogP contribution in [0.25, 0.3) is 10.8 Å². The second kappa shape index (κ2) is 6.35. The van der Waals surface area contributed by atoms with Gasteiger partial charge in [0.25, 0.3) is 0 Å². The maximum Gasteiger partial charge on any atom is 0.134 e. The molecule has 1 atom stereocenters. The lowest BCUT2D eigenvalue weighted by molar-refractivity contribution is 0.259. The quantitative estimate of drug-likeness (QED) is 0.879. The number of aliphatic hydroxyl groups is 1. The van der Waals surface area contributed by atoms with Gasteiger partial charge in [-0.1, -0.05) is 41.9 Å². The Morgan fingerprint density at radius 2 is 2.05 bits per heavy atom.